The summed E-state index contributed by atoms with van der Waals surface area (Å²) in [7, 11) is 1.60. The van der Waals surface area contributed by atoms with Crippen LogP contribution >= 0.6 is 0 Å². The van der Waals surface area contributed by atoms with Crippen molar-refractivity contribution in [2.75, 3.05) is 33.4 Å². The van der Waals surface area contributed by atoms with Crippen molar-refractivity contribution in [3.8, 4) is 0 Å². The van der Waals surface area contributed by atoms with Gasteiger partial charge in [-0.05, 0) is 44.4 Å². The number of hydrogen-bond donors (Lipinski definition) is 6. The number of hydrogen-bond acceptors (Lipinski definition) is 9. The smallest absolute Gasteiger partial charge is 0.246 e. The second-order valence-corrected chi connectivity index (χ2v) is 14.7. The molecule has 0 unspecified atom stereocenters. The summed E-state index contributed by atoms with van der Waals surface area (Å²) in [5.74, 6) is -3.58. The van der Waals surface area contributed by atoms with E-state index in [2.05, 4.69) is 28.2 Å². The minimum atomic E-state index is -1.47. The summed E-state index contributed by atoms with van der Waals surface area (Å²) in [5, 5.41) is 11.0. The Morgan fingerprint density at radius 3 is 2.14 bits per heavy atom. The van der Waals surface area contributed by atoms with Gasteiger partial charge in [0.05, 0.1) is 25.2 Å². The zero-order valence-electron chi connectivity index (χ0n) is 31.7. The van der Waals surface area contributed by atoms with Crippen LogP contribution in [-0.4, -0.2) is 110 Å². The zero-order valence-corrected chi connectivity index (χ0v) is 31.7. The Bertz CT molecular complexity index is 1110. The molecule has 1 aliphatic heterocycles. The highest BCUT2D eigenvalue weighted by molar-refractivity contribution is 5.96. The molecule has 2 fully saturated rings. The summed E-state index contributed by atoms with van der Waals surface area (Å²) in [5.41, 5.74) is 11.3. The van der Waals surface area contributed by atoms with E-state index in [0.717, 1.165) is 44.9 Å². The maximum atomic E-state index is 14.1. The largest absolute Gasteiger partial charge is 0.376 e. The average molecular weight is 728 g/mol. The molecule has 1 saturated carbocycles. The zero-order chi connectivity index (χ0) is 38.1. The molecule has 8 atom stereocenters. The topological polar surface area (TPSA) is 207 Å². The molecule has 294 valence electrons. The SMILES string of the molecule is CCCCCC[C@H]1O[C@@H](C)NC(=O)[C@H](COC[C@@H](F)CN)NC(=O)[C@H](CN)NC(=O)[C@H](C2CCCCC2)NC(=O)[C@H](CC(C)C)N(C)C(=O)[C@@H]1C. The standard InChI is InChI=1S/C36H66FN7O7/c1-7-8-9-13-16-30-23(4)36(49)44(6)29(17-22(2)3)34(47)43-31(25-14-11-10-12-15-25)35(48)41-27(19-39)32(45)42-28(21-50-20-26(37)18-38)33(46)40-24(5)51-30/h22-31H,7-21,38-39H2,1-6H3,(H,40,46)(H,41,48)(H,42,45)(H,43,47)/t23-,24+,26+,27+,28+,29+,30-,31+/m1/s1. The highest BCUT2D eigenvalue weighted by Crippen LogP contribution is 2.28. The second kappa shape index (κ2) is 22.9. The van der Waals surface area contributed by atoms with E-state index in [4.69, 9.17) is 20.9 Å². The number of rotatable bonds is 14. The highest BCUT2D eigenvalue weighted by atomic mass is 19.1. The van der Waals surface area contributed by atoms with E-state index in [0.29, 0.717) is 25.7 Å². The summed E-state index contributed by atoms with van der Waals surface area (Å²) in [6.07, 6.45) is 5.84. The van der Waals surface area contributed by atoms with Crippen LogP contribution in [0.5, 0.6) is 0 Å². The van der Waals surface area contributed by atoms with Gasteiger partial charge < -0.3 is 47.1 Å². The third kappa shape index (κ3) is 14.6. The minimum absolute atomic E-state index is 0.0517. The van der Waals surface area contributed by atoms with Crippen LogP contribution in [0.15, 0.2) is 0 Å². The number of amides is 5. The lowest BCUT2D eigenvalue weighted by atomic mass is 9.83. The van der Waals surface area contributed by atoms with Crippen LogP contribution in [0.25, 0.3) is 0 Å². The van der Waals surface area contributed by atoms with Gasteiger partial charge in [-0.3, -0.25) is 24.0 Å². The van der Waals surface area contributed by atoms with Crippen LogP contribution < -0.4 is 32.7 Å². The molecule has 15 heteroatoms. The number of nitrogens with two attached hydrogens (primary N) is 2. The Balaban J connectivity index is 2.56. The van der Waals surface area contributed by atoms with E-state index in [1.807, 2.05) is 13.8 Å². The van der Waals surface area contributed by atoms with Gasteiger partial charge in [-0.25, -0.2) is 4.39 Å². The first-order valence-corrected chi connectivity index (χ1v) is 19.0. The maximum Gasteiger partial charge on any atom is 0.246 e. The average Bonchev–Trinajstić information content (AvgIpc) is 3.11. The monoisotopic (exact) mass is 728 g/mol. The van der Waals surface area contributed by atoms with Crippen molar-refractivity contribution in [2.45, 2.75) is 148 Å². The van der Waals surface area contributed by atoms with Gasteiger partial charge in [0, 0.05) is 20.1 Å². The quantitative estimate of drug-likeness (QED) is 0.144. The number of unbranched alkanes of at least 4 members (excludes halogenated alkanes) is 3. The van der Waals surface area contributed by atoms with Gasteiger partial charge in [-0.1, -0.05) is 72.6 Å². The number of nitrogens with zero attached hydrogens (tertiary/aromatic N) is 1. The van der Waals surface area contributed by atoms with Crippen molar-refractivity contribution in [2.24, 2.45) is 29.2 Å². The van der Waals surface area contributed by atoms with E-state index in [1.165, 1.54) is 4.90 Å². The number of carbonyl (C=O) groups is 5. The molecule has 5 amide bonds. The van der Waals surface area contributed by atoms with Crippen molar-refractivity contribution in [1.29, 1.82) is 0 Å². The molecule has 1 aliphatic carbocycles. The first kappa shape index (κ1) is 44.3. The van der Waals surface area contributed by atoms with Gasteiger partial charge in [-0.2, -0.15) is 0 Å². The minimum Gasteiger partial charge on any atom is -0.376 e. The van der Waals surface area contributed by atoms with Crippen LogP contribution in [-0.2, 0) is 33.4 Å². The lowest BCUT2D eigenvalue weighted by Gasteiger charge is -2.36. The first-order chi connectivity index (χ1) is 24.2. The van der Waals surface area contributed by atoms with Gasteiger partial charge in [0.2, 0.25) is 29.5 Å². The third-order valence-corrected chi connectivity index (χ3v) is 9.87. The summed E-state index contributed by atoms with van der Waals surface area (Å²) in [6, 6.07) is -4.42. The van der Waals surface area contributed by atoms with Crippen molar-refractivity contribution < 1.29 is 37.8 Å². The molecule has 14 nitrogen and oxygen atoms in total. The second-order valence-electron chi connectivity index (χ2n) is 14.7. The van der Waals surface area contributed by atoms with Gasteiger partial charge in [-0.15, -0.1) is 0 Å². The van der Waals surface area contributed by atoms with E-state index in [-0.39, 0.29) is 30.8 Å². The van der Waals surface area contributed by atoms with Crippen molar-refractivity contribution in [3.63, 3.8) is 0 Å². The molecular formula is C36H66FN7O7. The summed E-state index contributed by atoms with van der Waals surface area (Å²) in [4.78, 5) is 70.8. The molecule has 8 N–H and O–H groups in total. The number of nitrogens with one attached hydrogen (secondary N) is 4. The molecule has 0 spiro atoms. The van der Waals surface area contributed by atoms with Gasteiger partial charge >= 0.3 is 0 Å². The summed E-state index contributed by atoms with van der Waals surface area (Å²) >= 11 is 0. The van der Waals surface area contributed by atoms with Gasteiger partial charge in [0.25, 0.3) is 0 Å². The number of ether oxygens (including phenoxy) is 2. The van der Waals surface area contributed by atoms with Gasteiger partial charge in [0.1, 0.15) is 36.6 Å². The normalized spacial score (nSPS) is 29.1. The van der Waals surface area contributed by atoms with Crippen LogP contribution in [0.3, 0.4) is 0 Å². The first-order valence-electron chi connectivity index (χ1n) is 19.0. The molecule has 2 rings (SSSR count). The lowest BCUT2D eigenvalue weighted by molar-refractivity contribution is -0.150. The maximum absolute atomic E-state index is 14.1. The Labute approximate surface area is 303 Å². The Hall–Kier alpha value is -2.88. The molecule has 51 heavy (non-hydrogen) atoms. The molecule has 0 bridgehead atoms. The molecule has 1 heterocycles. The number of likely N-dealkylation sites (N-methyl/N-ethyl adjacent to an activating group) is 1. The predicted octanol–water partition coefficient (Wildman–Crippen LogP) is 1.63. The highest BCUT2D eigenvalue weighted by Gasteiger charge is 2.39. The third-order valence-electron chi connectivity index (χ3n) is 9.87. The van der Waals surface area contributed by atoms with Crippen LogP contribution in [0.1, 0.15) is 105 Å². The molecule has 0 aromatic heterocycles. The van der Waals surface area contributed by atoms with E-state index in [9.17, 15) is 28.4 Å². The molecule has 1 saturated heterocycles. The molecule has 0 radical (unpaired) electrons. The van der Waals surface area contributed by atoms with Crippen LogP contribution in [0.4, 0.5) is 4.39 Å². The lowest BCUT2D eigenvalue weighted by Crippen LogP contribution is -2.62. The van der Waals surface area contributed by atoms with Crippen molar-refractivity contribution >= 4 is 29.5 Å². The Kier molecular flexibility index (Phi) is 19.9. The summed E-state index contributed by atoms with van der Waals surface area (Å²) in [6.45, 7) is 8.03. The van der Waals surface area contributed by atoms with Crippen LogP contribution in [0.2, 0.25) is 0 Å². The number of halogens is 1. The molecule has 0 aromatic carbocycles. The fourth-order valence-electron chi connectivity index (χ4n) is 6.77. The van der Waals surface area contributed by atoms with Crippen LogP contribution in [0, 0.1) is 17.8 Å². The Morgan fingerprint density at radius 1 is 0.882 bits per heavy atom. The molecular weight excluding hydrogens is 661 g/mol. The number of carbonyl (C=O) groups excluding carboxylic acids is 5. The molecule has 0 aromatic rings. The fourth-order valence-corrected chi connectivity index (χ4v) is 6.77. The summed E-state index contributed by atoms with van der Waals surface area (Å²) < 4.78 is 25.6. The number of alkyl halides is 1. The predicted molar refractivity (Wildman–Crippen MR) is 193 cm³/mol. The van der Waals surface area contributed by atoms with E-state index >= 15 is 0 Å². The van der Waals surface area contributed by atoms with E-state index in [1.54, 1.807) is 20.9 Å². The molecule has 2 aliphatic rings. The fraction of sp³-hybridized carbons (Fsp3) is 0.861. The van der Waals surface area contributed by atoms with Gasteiger partial charge in [0.15, 0.2) is 0 Å². The van der Waals surface area contributed by atoms with E-state index < -0.39 is 85.4 Å². The van der Waals surface area contributed by atoms with Crippen molar-refractivity contribution in [1.82, 2.24) is 26.2 Å². The van der Waals surface area contributed by atoms with Crippen molar-refractivity contribution in [3.05, 3.63) is 0 Å². The Morgan fingerprint density at radius 2 is 1.53 bits per heavy atom.